The zero-order chi connectivity index (χ0) is 23.7. The average Bonchev–Trinajstić information content (AvgIpc) is 3.46. The van der Waals surface area contributed by atoms with Gasteiger partial charge in [-0.05, 0) is 42.5 Å². The molecule has 0 aliphatic carbocycles. The van der Waals surface area contributed by atoms with Crippen molar-refractivity contribution in [1.82, 2.24) is 9.71 Å². The summed E-state index contributed by atoms with van der Waals surface area (Å²) in [5, 5.41) is 6.82. The Morgan fingerprint density at radius 1 is 1.09 bits per heavy atom. The van der Waals surface area contributed by atoms with Crippen molar-refractivity contribution in [3.05, 3.63) is 65.7 Å². The molecule has 5 rings (SSSR count). The Labute approximate surface area is 206 Å². The first-order valence-corrected chi connectivity index (χ1v) is 14.5. The molecule has 4 aromatic rings. The van der Waals surface area contributed by atoms with Gasteiger partial charge in [0.1, 0.15) is 10.7 Å². The van der Waals surface area contributed by atoms with Crippen LogP contribution in [0.4, 0.5) is 11.4 Å². The van der Waals surface area contributed by atoms with Crippen molar-refractivity contribution in [1.29, 1.82) is 0 Å². The van der Waals surface area contributed by atoms with Gasteiger partial charge in [0.25, 0.3) is 5.91 Å². The molecular formula is C24H24N4O3S3. The number of nitrogens with zero attached hydrogens (tertiary/aromatic N) is 2. The molecular weight excluding hydrogens is 488 g/mol. The highest BCUT2D eigenvalue weighted by atomic mass is 32.2. The largest absolute Gasteiger partial charge is 0.370 e. The first-order valence-electron chi connectivity index (χ1n) is 10.9. The number of fused-ring (bicyclic) bond motifs is 1. The first kappa shape index (κ1) is 23.0. The number of anilines is 2. The Morgan fingerprint density at radius 2 is 1.82 bits per heavy atom. The van der Waals surface area contributed by atoms with E-state index in [2.05, 4.69) is 38.1 Å². The van der Waals surface area contributed by atoms with Gasteiger partial charge in [0, 0.05) is 29.2 Å². The second-order valence-electron chi connectivity index (χ2n) is 8.31. The highest BCUT2D eigenvalue weighted by Crippen LogP contribution is 2.35. The molecule has 2 aromatic heterocycles. The molecule has 0 atom stereocenters. The van der Waals surface area contributed by atoms with E-state index < -0.39 is 10.0 Å². The SMILES string of the molecule is CS(=O)(=O)NC1CCN(c2ccccc2NC(=O)c2csc(-c3cc4ccccc4s3)n2)CC1. The molecule has 0 unspecified atom stereocenters. The molecule has 0 saturated carbocycles. The first-order chi connectivity index (χ1) is 16.4. The number of carbonyl (C=O) groups is 1. The number of amides is 1. The van der Waals surface area contributed by atoms with E-state index in [9.17, 15) is 13.2 Å². The topological polar surface area (TPSA) is 91.4 Å². The summed E-state index contributed by atoms with van der Waals surface area (Å²) in [4.78, 5) is 20.8. The number of piperidine rings is 1. The van der Waals surface area contributed by atoms with Crippen LogP contribution in [0.3, 0.4) is 0 Å². The molecule has 2 aromatic carbocycles. The number of hydrogen-bond donors (Lipinski definition) is 2. The minimum absolute atomic E-state index is 0.0599. The quantitative estimate of drug-likeness (QED) is 0.387. The second-order valence-corrected chi connectivity index (χ2v) is 12.0. The molecule has 0 spiro atoms. The molecule has 34 heavy (non-hydrogen) atoms. The normalized spacial score (nSPS) is 15.0. The summed E-state index contributed by atoms with van der Waals surface area (Å²) >= 11 is 3.14. The van der Waals surface area contributed by atoms with Crippen LogP contribution < -0.4 is 14.9 Å². The highest BCUT2D eigenvalue weighted by molar-refractivity contribution is 7.88. The Morgan fingerprint density at radius 3 is 2.59 bits per heavy atom. The maximum Gasteiger partial charge on any atom is 0.275 e. The smallest absolute Gasteiger partial charge is 0.275 e. The third kappa shape index (κ3) is 5.15. The summed E-state index contributed by atoms with van der Waals surface area (Å²) in [6.45, 7) is 1.40. The van der Waals surface area contributed by atoms with Crippen LogP contribution in [-0.4, -0.2) is 44.7 Å². The van der Waals surface area contributed by atoms with Crippen LogP contribution in [0.1, 0.15) is 23.3 Å². The van der Waals surface area contributed by atoms with Crippen molar-refractivity contribution in [2.24, 2.45) is 0 Å². The zero-order valence-electron chi connectivity index (χ0n) is 18.5. The van der Waals surface area contributed by atoms with E-state index >= 15 is 0 Å². The maximum atomic E-state index is 13.0. The summed E-state index contributed by atoms with van der Waals surface area (Å²) in [7, 11) is -3.22. The second kappa shape index (κ2) is 9.46. The minimum atomic E-state index is -3.22. The standard InChI is InChI=1S/C24H24N4O3S3/c1-34(30,31)27-17-10-12-28(13-11-17)20-8-4-3-7-18(20)25-23(29)19-15-32-24(26-19)22-14-16-6-2-5-9-21(16)33-22/h2-9,14-15,17,27H,10-13H2,1H3,(H,25,29). The maximum absolute atomic E-state index is 13.0. The van der Waals surface area contributed by atoms with Crippen molar-refractivity contribution in [3.8, 4) is 9.88 Å². The molecule has 3 heterocycles. The van der Waals surface area contributed by atoms with Crippen LogP contribution in [0.25, 0.3) is 20.0 Å². The molecule has 10 heteroatoms. The fourth-order valence-corrected chi connectivity index (χ4v) is 6.93. The molecule has 1 aliphatic heterocycles. The Hall–Kier alpha value is -2.79. The van der Waals surface area contributed by atoms with Crippen LogP contribution in [0.5, 0.6) is 0 Å². The summed E-state index contributed by atoms with van der Waals surface area (Å²) in [5.74, 6) is -0.246. The molecule has 0 bridgehead atoms. The van der Waals surface area contributed by atoms with Crippen LogP contribution in [0.2, 0.25) is 0 Å². The minimum Gasteiger partial charge on any atom is -0.370 e. The van der Waals surface area contributed by atoms with Crippen LogP contribution in [-0.2, 0) is 10.0 Å². The molecule has 1 aliphatic rings. The van der Waals surface area contributed by atoms with Gasteiger partial charge in [-0.2, -0.15) is 0 Å². The summed E-state index contributed by atoms with van der Waals surface area (Å²) in [6.07, 6.45) is 2.61. The van der Waals surface area contributed by atoms with Crippen molar-refractivity contribution in [2.75, 3.05) is 29.6 Å². The number of rotatable bonds is 6. The third-order valence-electron chi connectivity index (χ3n) is 5.74. The van der Waals surface area contributed by atoms with Gasteiger partial charge >= 0.3 is 0 Å². The van der Waals surface area contributed by atoms with E-state index in [1.165, 1.54) is 27.7 Å². The number of para-hydroxylation sites is 2. The van der Waals surface area contributed by atoms with Gasteiger partial charge in [-0.3, -0.25) is 4.79 Å². The predicted molar refractivity (Wildman–Crippen MR) is 141 cm³/mol. The summed E-state index contributed by atoms with van der Waals surface area (Å²) < 4.78 is 26.9. The van der Waals surface area contributed by atoms with Crippen molar-refractivity contribution >= 4 is 60.1 Å². The fraction of sp³-hybridized carbons (Fsp3) is 0.250. The number of benzene rings is 2. The molecule has 7 nitrogen and oxygen atoms in total. The lowest BCUT2D eigenvalue weighted by Gasteiger charge is -2.34. The Balaban J connectivity index is 1.29. The van der Waals surface area contributed by atoms with E-state index in [1.54, 1.807) is 16.7 Å². The van der Waals surface area contributed by atoms with Gasteiger partial charge in [-0.25, -0.2) is 18.1 Å². The zero-order valence-corrected chi connectivity index (χ0v) is 21.0. The predicted octanol–water partition coefficient (Wildman–Crippen LogP) is 4.80. The fourth-order valence-electron chi connectivity index (χ4n) is 4.16. The van der Waals surface area contributed by atoms with Crippen LogP contribution in [0, 0.1) is 0 Å². The van der Waals surface area contributed by atoms with Crippen molar-refractivity contribution in [2.45, 2.75) is 18.9 Å². The van der Waals surface area contributed by atoms with E-state index in [1.807, 2.05) is 36.4 Å². The van der Waals surface area contributed by atoms with Gasteiger partial charge in [0.05, 0.1) is 22.5 Å². The average molecular weight is 513 g/mol. The van der Waals surface area contributed by atoms with Gasteiger partial charge in [-0.1, -0.05) is 30.3 Å². The number of aromatic nitrogens is 1. The highest BCUT2D eigenvalue weighted by Gasteiger charge is 2.24. The monoisotopic (exact) mass is 512 g/mol. The van der Waals surface area contributed by atoms with Crippen molar-refractivity contribution < 1.29 is 13.2 Å². The lowest BCUT2D eigenvalue weighted by Crippen LogP contribution is -2.44. The molecule has 1 amide bonds. The number of nitrogens with one attached hydrogen (secondary N) is 2. The molecule has 0 radical (unpaired) electrons. The van der Waals surface area contributed by atoms with E-state index in [0.29, 0.717) is 31.6 Å². The van der Waals surface area contributed by atoms with E-state index in [0.717, 1.165) is 21.3 Å². The third-order valence-corrected chi connectivity index (χ3v) is 8.63. The Kier molecular flexibility index (Phi) is 6.39. The number of carbonyl (C=O) groups excluding carboxylic acids is 1. The molecule has 1 fully saturated rings. The molecule has 2 N–H and O–H groups in total. The number of hydrogen-bond acceptors (Lipinski definition) is 7. The van der Waals surface area contributed by atoms with Gasteiger partial charge in [-0.15, -0.1) is 22.7 Å². The molecule has 176 valence electrons. The van der Waals surface area contributed by atoms with E-state index in [-0.39, 0.29) is 11.9 Å². The molecule has 1 saturated heterocycles. The number of thiazole rings is 1. The number of thiophene rings is 1. The van der Waals surface area contributed by atoms with Gasteiger partial charge in [0.2, 0.25) is 10.0 Å². The van der Waals surface area contributed by atoms with Crippen molar-refractivity contribution in [3.63, 3.8) is 0 Å². The van der Waals surface area contributed by atoms with E-state index in [4.69, 9.17) is 0 Å². The summed E-state index contributed by atoms with van der Waals surface area (Å²) in [5.41, 5.74) is 2.04. The summed E-state index contributed by atoms with van der Waals surface area (Å²) in [6, 6.07) is 17.9. The number of sulfonamides is 1. The van der Waals surface area contributed by atoms with Crippen LogP contribution >= 0.6 is 22.7 Å². The van der Waals surface area contributed by atoms with Crippen LogP contribution in [0.15, 0.2) is 60.0 Å². The van der Waals surface area contributed by atoms with Gasteiger partial charge < -0.3 is 10.2 Å². The lowest BCUT2D eigenvalue weighted by molar-refractivity contribution is 0.102. The Bertz CT molecular complexity index is 1400. The lowest BCUT2D eigenvalue weighted by atomic mass is 10.0. The van der Waals surface area contributed by atoms with Gasteiger partial charge in [0.15, 0.2) is 0 Å².